The van der Waals surface area contributed by atoms with Crippen molar-refractivity contribution in [3.8, 4) is 11.3 Å². The van der Waals surface area contributed by atoms with E-state index >= 15 is 0 Å². The molecule has 2 aromatic heterocycles. The number of nitrogens with one attached hydrogen (secondary N) is 2. The van der Waals surface area contributed by atoms with Gasteiger partial charge in [0.25, 0.3) is 5.91 Å². The quantitative estimate of drug-likeness (QED) is 0.461. The number of aromatic nitrogens is 2. The van der Waals surface area contributed by atoms with Gasteiger partial charge < -0.3 is 10.6 Å². The summed E-state index contributed by atoms with van der Waals surface area (Å²) in [6.45, 7) is 5.78. The number of anilines is 1. The van der Waals surface area contributed by atoms with E-state index in [0.29, 0.717) is 11.3 Å². The van der Waals surface area contributed by atoms with Crippen molar-refractivity contribution in [2.45, 2.75) is 26.8 Å². The summed E-state index contributed by atoms with van der Waals surface area (Å²) in [6, 6.07) is 14.2. The Labute approximate surface area is 185 Å². The van der Waals surface area contributed by atoms with Gasteiger partial charge in [-0.15, -0.1) is 11.3 Å². The van der Waals surface area contributed by atoms with E-state index in [9.17, 15) is 9.59 Å². The predicted molar refractivity (Wildman–Crippen MR) is 124 cm³/mol. The van der Waals surface area contributed by atoms with Gasteiger partial charge in [-0.25, -0.2) is 4.98 Å². The normalized spacial score (nSPS) is 12.1. The zero-order valence-corrected chi connectivity index (χ0v) is 18.4. The second-order valence-electron chi connectivity index (χ2n) is 7.85. The topological polar surface area (TPSA) is 75.5 Å². The molecule has 0 aliphatic heterocycles. The number of carbonyl (C=O) groups is 2. The van der Waals surface area contributed by atoms with Crippen LogP contribution in [0.1, 0.15) is 29.8 Å². The minimum atomic E-state index is -0.645. The Morgan fingerprint density at radius 2 is 1.74 bits per heavy atom. The number of hydrogen-bond donors (Lipinski definition) is 2. The highest BCUT2D eigenvalue weighted by atomic mass is 32.1. The van der Waals surface area contributed by atoms with Crippen LogP contribution in [0.3, 0.4) is 0 Å². The number of imidazole rings is 1. The molecular weight excluding hydrogens is 408 g/mol. The number of carbonyl (C=O) groups excluding carboxylic acids is 2. The molecule has 4 rings (SSSR count). The average Bonchev–Trinajstić information content (AvgIpc) is 3.35. The van der Waals surface area contributed by atoms with Gasteiger partial charge in [0, 0.05) is 34.6 Å². The molecule has 31 heavy (non-hydrogen) atoms. The molecule has 0 saturated heterocycles. The highest BCUT2D eigenvalue weighted by molar-refractivity contribution is 7.15. The lowest BCUT2D eigenvalue weighted by molar-refractivity contribution is -0.118. The molecule has 2 aromatic carbocycles. The standard InChI is InChI=1S/C24H24N4O2S/c1-15(2)21(27-22(29)18-6-4-16(3)5-7-18)23(30)25-19-10-8-17(9-11-19)20-14-28-12-13-31-24(28)26-20/h4-15,21H,1-3H3,(H,25,30)(H,27,29). The van der Waals surface area contributed by atoms with Gasteiger partial charge in [0.15, 0.2) is 4.96 Å². The lowest BCUT2D eigenvalue weighted by Gasteiger charge is -2.22. The van der Waals surface area contributed by atoms with E-state index in [1.165, 1.54) is 0 Å². The molecule has 2 N–H and O–H groups in total. The van der Waals surface area contributed by atoms with Crippen LogP contribution in [0.15, 0.2) is 66.3 Å². The Hall–Kier alpha value is -3.45. The van der Waals surface area contributed by atoms with Gasteiger partial charge in [0.1, 0.15) is 6.04 Å². The lowest BCUT2D eigenvalue weighted by Crippen LogP contribution is -2.47. The summed E-state index contributed by atoms with van der Waals surface area (Å²) in [5, 5.41) is 7.76. The van der Waals surface area contributed by atoms with Crippen molar-refractivity contribution in [2.24, 2.45) is 5.92 Å². The molecule has 4 aromatic rings. The molecule has 1 unspecified atom stereocenters. The first kappa shape index (κ1) is 20.8. The second kappa shape index (κ2) is 8.73. The average molecular weight is 433 g/mol. The molecule has 0 fully saturated rings. The third kappa shape index (κ3) is 4.67. The first-order valence-electron chi connectivity index (χ1n) is 10.1. The van der Waals surface area contributed by atoms with Gasteiger partial charge in [0.05, 0.1) is 5.69 Å². The van der Waals surface area contributed by atoms with Crippen LogP contribution in [-0.4, -0.2) is 27.2 Å². The SMILES string of the molecule is Cc1ccc(C(=O)NC(C(=O)Nc2ccc(-c3cn4ccsc4n3)cc2)C(C)C)cc1. The van der Waals surface area contributed by atoms with Crippen LogP contribution in [-0.2, 0) is 4.79 Å². The molecule has 1 atom stereocenters. The van der Waals surface area contributed by atoms with Gasteiger partial charge in [-0.05, 0) is 37.1 Å². The lowest BCUT2D eigenvalue weighted by atomic mass is 10.0. The maximum Gasteiger partial charge on any atom is 0.251 e. The van der Waals surface area contributed by atoms with Crippen LogP contribution in [0.5, 0.6) is 0 Å². The fourth-order valence-corrected chi connectivity index (χ4v) is 3.98. The zero-order chi connectivity index (χ0) is 22.0. The van der Waals surface area contributed by atoms with Crippen LogP contribution >= 0.6 is 11.3 Å². The second-order valence-corrected chi connectivity index (χ2v) is 8.72. The van der Waals surface area contributed by atoms with Crippen molar-refractivity contribution < 1.29 is 9.59 Å². The Morgan fingerprint density at radius 1 is 1.03 bits per heavy atom. The van der Waals surface area contributed by atoms with Gasteiger partial charge in [-0.2, -0.15) is 0 Å². The van der Waals surface area contributed by atoms with Gasteiger partial charge in [-0.1, -0.05) is 43.7 Å². The number of thiazole rings is 1. The summed E-state index contributed by atoms with van der Waals surface area (Å²) in [5.74, 6) is -0.568. The summed E-state index contributed by atoms with van der Waals surface area (Å²) >= 11 is 1.58. The van der Waals surface area contributed by atoms with E-state index in [1.54, 1.807) is 23.5 Å². The number of rotatable bonds is 6. The molecule has 2 heterocycles. The van der Waals surface area contributed by atoms with Crippen LogP contribution in [0.25, 0.3) is 16.2 Å². The highest BCUT2D eigenvalue weighted by Gasteiger charge is 2.24. The van der Waals surface area contributed by atoms with Gasteiger partial charge in [-0.3, -0.25) is 14.0 Å². The fraction of sp³-hybridized carbons (Fsp3) is 0.208. The molecule has 6 nitrogen and oxygen atoms in total. The zero-order valence-electron chi connectivity index (χ0n) is 17.6. The molecule has 0 bridgehead atoms. The Bertz CT molecular complexity index is 1180. The Kier molecular flexibility index (Phi) is 5.86. The van der Waals surface area contributed by atoms with Crippen molar-refractivity contribution in [1.29, 1.82) is 0 Å². The number of fused-ring (bicyclic) bond motifs is 1. The number of hydrogen-bond acceptors (Lipinski definition) is 4. The summed E-state index contributed by atoms with van der Waals surface area (Å²) in [5.41, 5.74) is 4.14. The summed E-state index contributed by atoms with van der Waals surface area (Å²) in [7, 11) is 0. The van der Waals surface area contributed by atoms with E-state index in [1.807, 2.05) is 79.3 Å². The predicted octanol–water partition coefficient (Wildman–Crippen LogP) is 4.76. The number of benzene rings is 2. The molecule has 7 heteroatoms. The minimum Gasteiger partial charge on any atom is -0.340 e. The molecule has 2 amide bonds. The maximum absolute atomic E-state index is 12.9. The largest absolute Gasteiger partial charge is 0.340 e. The molecule has 0 spiro atoms. The molecule has 0 saturated carbocycles. The molecule has 158 valence electrons. The van der Waals surface area contributed by atoms with Crippen molar-refractivity contribution in [3.05, 3.63) is 77.4 Å². The smallest absolute Gasteiger partial charge is 0.251 e. The summed E-state index contributed by atoms with van der Waals surface area (Å²) in [4.78, 5) is 31.0. The maximum atomic E-state index is 12.9. The summed E-state index contributed by atoms with van der Waals surface area (Å²) in [6.07, 6.45) is 3.96. The third-order valence-corrected chi connectivity index (χ3v) is 5.86. The van der Waals surface area contributed by atoms with Crippen molar-refractivity contribution in [3.63, 3.8) is 0 Å². The highest BCUT2D eigenvalue weighted by Crippen LogP contribution is 2.23. The van der Waals surface area contributed by atoms with E-state index in [0.717, 1.165) is 21.8 Å². The number of aryl methyl sites for hydroxylation is 1. The number of nitrogens with zero attached hydrogens (tertiary/aromatic N) is 2. The van der Waals surface area contributed by atoms with E-state index in [2.05, 4.69) is 15.6 Å². The van der Waals surface area contributed by atoms with Gasteiger partial charge in [0.2, 0.25) is 5.91 Å². The fourth-order valence-electron chi connectivity index (χ4n) is 3.28. The summed E-state index contributed by atoms with van der Waals surface area (Å²) < 4.78 is 1.99. The van der Waals surface area contributed by atoms with Crippen LogP contribution in [0.4, 0.5) is 5.69 Å². The molecule has 0 aliphatic carbocycles. The van der Waals surface area contributed by atoms with E-state index < -0.39 is 6.04 Å². The molecular formula is C24H24N4O2S. The van der Waals surface area contributed by atoms with Crippen LogP contribution in [0, 0.1) is 12.8 Å². The minimum absolute atomic E-state index is 0.0628. The van der Waals surface area contributed by atoms with E-state index in [4.69, 9.17) is 0 Å². The van der Waals surface area contributed by atoms with Crippen molar-refractivity contribution in [1.82, 2.24) is 14.7 Å². The van der Waals surface area contributed by atoms with Crippen molar-refractivity contribution in [2.75, 3.05) is 5.32 Å². The van der Waals surface area contributed by atoms with Crippen LogP contribution in [0.2, 0.25) is 0 Å². The molecule has 0 radical (unpaired) electrons. The Morgan fingerprint density at radius 3 is 2.39 bits per heavy atom. The third-order valence-electron chi connectivity index (χ3n) is 5.09. The number of amides is 2. The van der Waals surface area contributed by atoms with Crippen molar-refractivity contribution >= 4 is 33.8 Å². The van der Waals surface area contributed by atoms with E-state index in [-0.39, 0.29) is 17.7 Å². The van der Waals surface area contributed by atoms with Gasteiger partial charge >= 0.3 is 0 Å². The Balaban J connectivity index is 1.44. The first-order chi connectivity index (χ1) is 14.9. The van der Waals surface area contributed by atoms with Crippen LogP contribution < -0.4 is 10.6 Å². The monoisotopic (exact) mass is 432 g/mol. The molecule has 0 aliphatic rings. The first-order valence-corrected chi connectivity index (χ1v) is 11.0.